The van der Waals surface area contributed by atoms with Crippen LogP contribution in [-0.2, 0) is 4.08 Å². The summed E-state index contributed by atoms with van der Waals surface area (Å²) in [6.45, 7) is 9.49. The molecular weight excluding hydrogens is 330 g/mol. The van der Waals surface area contributed by atoms with Crippen molar-refractivity contribution < 1.29 is 0 Å². The Balaban J connectivity index is 1.91. The van der Waals surface area contributed by atoms with Crippen molar-refractivity contribution in [3.8, 4) is 0 Å². The number of benzene rings is 2. The summed E-state index contributed by atoms with van der Waals surface area (Å²) >= 11 is 4.17. The summed E-state index contributed by atoms with van der Waals surface area (Å²) in [4.78, 5) is 2.87. The molecule has 2 unspecified atom stereocenters. The maximum atomic E-state index is 3.88. The van der Waals surface area contributed by atoms with Crippen LogP contribution in [-0.4, -0.2) is 6.04 Å². The molecule has 1 nitrogen and oxygen atoms in total. The molecule has 1 spiro atoms. The van der Waals surface area contributed by atoms with E-state index >= 15 is 0 Å². The summed E-state index contributed by atoms with van der Waals surface area (Å²) in [5.74, 6) is 1.80. The van der Waals surface area contributed by atoms with E-state index in [9.17, 15) is 0 Å². The fourth-order valence-electron chi connectivity index (χ4n) is 4.25. The number of para-hydroxylation sites is 1. The molecule has 3 heteroatoms. The summed E-state index contributed by atoms with van der Waals surface area (Å²) in [5.41, 5.74) is 2.78. The third kappa shape index (κ3) is 2.40. The van der Waals surface area contributed by atoms with Crippen molar-refractivity contribution >= 4 is 29.2 Å². The molecule has 4 rings (SSSR count). The largest absolute Gasteiger partial charge is 0.381 e. The van der Waals surface area contributed by atoms with Crippen LogP contribution in [0.15, 0.2) is 58.3 Å². The Hall–Kier alpha value is -1.06. The van der Waals surface area contributed by atoms with E-state index in [4.69, 9.17) is 0 Å². The summed E-state index contributed by atoms with van der Waals surface area (Å²) in [7, 11) is 0. The van der Waals surface area contributed by atoms with Gasteiger partial charge in [0.2, 0.25) is 0 Å². The van der Waals surface area contributed by atoms with Gasteiger partial charge in [-0.2, -0.15) is 0 Å². The molecule has 24 heavy (non-hydrogen) atoms. The first kappa shape index (κ1) is 16.4. The van der Waals surface area contributed by atoms with Gasteiger partial charge in [0, 0.05) is 33.0 Å². The lowest BCUT2D eigenvalue weighted by atomic mass is 9.75. The number of hydrogen-bond donors (Lipinski definition) is 1. The van der Waals surface area contributed by atoms with Crippen molar-refractivity contribution in [2.24, 2.45) is 17.8 Å². The molecule has 0 aromatic heterocycles. The number of anilines is 1. The van der Waals surface area contributed by atoms with Crippen molar-refractivity contribution in [1.29, 1.82) is 0 Å². The smallest absolute Gasteiger partial charge is 0.102 e. The van der Waals surface area contributed by atoms with E-state index in [1.54, 1.807) is 0 Å². The first-order chi connectivity index (χ1) is 11.5. The number of rotatable bonds is 2. The van der Waals surface area contributed by atoms with Crippen molar-refractivity contribution in [2.75, 3.05) is 5.32 Å². The minimum absolute atomic E-state index is 0.0780. The third-order valence-corrected chi connectivity index (χ3v) is 8.63. The predicted octanol–water partition coefficient (Wildman–Crippen LogP) is 6.46. The molecule has 2 aromatic rings. The second kappa shape index (κ2) is 6.03. The molecular formula is C21H25NS2. The van der Waals surface area contributed by atoms with Crippen LogP contribution in [0.5, 0.6) is 0 Å². The topological polar surface area (TPSA) is 12.0 Å². The second-order valence-corrected chi connectivity index (χ2v) is 10.4. The van der Waals surface area contributed by atoms with Crippen LogP contribution in [0, 0.1) is 17.8 Å². The van der Waals surface area contributed by atoms with E-state index in [1.165, 1.54) is 21.0 Å². The van der Waals surface area contributed by atoms with Gasteiger partial charge in [-0.3, -0.25) is 0 Å². The molecule has 0 saturated carbocycles. The van der Waals surface area contributed by atoms with Crippen LogP contribution < -0.4 is 5.32 Å². The second-order valence-electron chi connectivity index (χ2n) is 7.55. The van der Waals surface area contributed by atoms with Crippen LogP contribution >= 0.6 is 23.5 Å². The van der Waals surface area contributed by atoms with Gasteiger partial charge in [0.05, 0.1) is 0 Å². The molecule has 0 fully saturated rings. The zero-order valence-corrected chi connectivity index (χ0v) is 16.4. The molecule has 2 atom stereocenters. The zero-order chi connectivity index (χ0) is 16.9. The summed E-state index contributed by atoms with van der Waals surface area (Å²) < 4.78 is 0.0780. The van der Waals surface area contributed by atoms with Crippen LogP contribution in [0.2, 0.25) is 0 Å². The Morgan fingerprint density at radius 2 is 1.42 bits per heavy atom. The molecule has 2 heterocycles. The van der Waals surface area contributed by atoms with E-state index in [2.05, 4.69) is 105 Å². The predicted molar refractivity (Wildman–Crippen MR) is 107 cm³/mol. The first-order valence-corrected chi connectivity index (χ1v) is 10.5. The molecule has 2 aliphatic heterocycles. The standard InChI is InChI=1S/C21H25NS2/c1-13(2)19-20(14(3)4)22-16-10-6-5-9-15(16)21(19)23-17-11-7-8-12-18(17)24-21/h5-14,19-20,22H,1-4H3. The first-order valence-electron chi connectivity index (χ1n) is 8.86. The van der Waals surface area contributed by atoms with E-state index in [-0.39, 0.29) is 4.08 Å². The summed E-state index contributed by atoms with van der Waals surface area (Å²) in [5, 5.41) is 3.88. The van der Waals surface area contributed by atoms with Crippen molar-refractivity contribution in [3.63, 3.8) is 0 Å². The molecule has 1 N–H and O–H groups in total. The Bertz CT molecular complexity index is 728. The van der Waals surface area contributed by atoms with Gasteiger partial charge in [0.1, 0.15) is 4.08 Å². The number of hydrogen-bond acceptors (Lipinski definition) is 3. The molecule has 0 bridgehead atoms. The average molecular weight is 356 g/mol. The fourth-order valence-corrected chi connectivity index (χ4v) is 8.17. The number of thioether (sulfide) groups is 2. The Morgan fingerprint density at radius 1 is 0.833 bits per heavy atom. The average Bonchev–Trinajstić information content (AvgIpc) is 2.93. The maximum Gasteiger partial charge on any atom is 0.102 e. The molecule has 2 aromatic carbocycles. The van der Waals surface area contributed by atoms with Crippen LogP contribution in [0.4, 0.5) is 5.69 Å². The summed E-state index contributed by atoms with van der Waals surface area (Å²) in [6.07, 6.45) is 0. The Kier molecular flexibility index (Phi) is 4.12. The van der Waals surface area contributed by atoms with Gasteiger partial charge in [-0.05, 0) is 30.0 Å². The van der Waals surface area contributed by atoms with Gasteiger partial charge >= 0.3 is 0 Å². The van der Waals surface area contributed by atoms with Gasteiger partial charge in [-0.25, -0.2) is 0 Å². The SMILES string of the molecule is CC(C)C1Nc2ccccc2C2(Sc3ccccc3S2)C1C(C)C. The highest BCUT2D eigenvalue weighted by Crippen LogP contribution is 2.69. The Morgan fingerprint density at radius 3 is 2.00 bits per heavy atom. The highest BCUT2D eigenvalue weighted by atomic mass is 32.2. The lowest BCUT2D eigenvalue weighted by Gasteiger charge is -2.50. The molecule has 0 saturated heterocycles. The van der Waals surface area contributed by atoms with E-state index < -0.39 is 0 Å². The minimum atomic E-state index is 0.0780. The fraction of sp³-hybridized carbons (Fsp3) is 0.429. The van der Waals surface area contributed by atoms with Crippen LogP contribution in [0.3, 0.4) is 0 Å². The Labute approximate surface area is 154 Å². The van der Waals surface area contributed by atoms with E-state index in [0.717, 1.165) is 0 Å². The van der Waals surface area contributed by atoms with Gasteiger partial charge in [-0.15, -0.1) is 23.5 Å². The van der Waals surface area contributed by atoms with Gasteiger partial charge in [-0.1, -0.05) is 58.0 Å². The highest BCUT2D eigenvalue weighted by Gasteiger charge is 2.54. The lowest BCUT2D eigenvalue weighted by Crippen LogP contribution is -2.49. The van der Waals surface area contributed by atoms with Crippen molar-refractivity contribution in [3.05, 3.63) is 54.1 Å². The lowest BCUT2D eigenvalue weighted by molar-refractivity contribution is 0.257. The normalized spacial score (nSPS) is 24.1. The van der Waals surface area contributed by atoms with Crippen molar-refractivity contribution in [1.82, 2.24) is 0 Å². The van der Waals surface area contributed by atoms with Gasteiger partial charge < -0.3 is 5.32 Å². The number of nitrogens with one attached hydrogen (secondary N) is 1. The monoisotopic (exact) mass is 355 g/mol. The number of fused-ring (bicyclic) bond motifs is 3. The summed E-state index contributed by atoms with van der Waals surface area (Å²) in [6, 6.07) is 18.3. The van der Waals surface area contributed by atoms with Gasteiger partial charge in [0.25, 0.3) is 0 Å². The third-order valence-electron chi connectivity index (χ3n) is 5.26. The molecule has 126 valence electrons. The van der Waals surface area contributed by atoms with Crippen molar-refractivity contribution in [2.45, 2.75) is 47.6 Å². The van der Waals surface area contributed by atoms with Crippen LogP contribution in [0.1, 0.15) is 33.3 Å². The minimum Gasteiger partial charge on any atom is -0.381 e. The highest BCUT2D eigenvalue weighted by molar-refractivity contribution is 8.20. The van der Waals surface area contributed by atoms with E-state index in [0.29, 0.717) is 23.8 Å². The molecule has 0 aliphatic carbocycles. The van der Waals surface area contributed by atoms with E-state index in [1.807, 2.05) is 0 Å². The molecule has 0 amide bonds. The molecule has 2 aliphatic rings. The maximum absolute atomic E-state index is 3.88. The zero-order valence-electron chi connectivity index (χ0n) is 14.7. The van der Waals surface area contributed by atoms with Gasteiger partial charge in [0.15, 0.2) is 0 Å². The molecule has 0 radical (unpaired) electrons. The van der Waals surface area contributed by atoms with Crippen LogP contribution in [0.25, 0.3) is 0 Å². The quantitative estimate of drug-likeness (QED) is 0.664.